The monoisotopic (exact) mass is 424 g/mol. The van der Waals surface area contributed by atoms with Crippen LogP contribution < -0.4 is 5.32 Å². The van der Waals surface area contributed by atoms with Crippen molar-refractivity contribution in [2.24, 2.45) is 0 Å². The van der Waals surface area contributed by atoms with Gasteiger partial charge in [0.25, 0.3) is 0 Å². The summed E-state index contributed by atoms with van der Waals surface area (Å²) < 4.78 is 40.5. The molecule has 1 heterocycles. The van der Waals surface area contributed by atoms with Gasteiger partial charge in [-0.1, -0.05) is 24.1 Å². The number of rotatable bonds is 5. The molecule has 0 radical (unpaired) electrons. The maximum atomic E-state index is 13.2. The normalized spacial score (nSPS) is 18.0. The lowest BCUT2D eigenvalue weighted by atomic mass is 10.0. The number of piperidine rings is 1. The van der Waals surface area contributed by atoms with Crippen LogP contribution in [0.2, 0.25) is 5.02 Å². The van der Waals surface area contributed by atoms with E-state index in [0.717, 1.165) is 30.5 Å². The third-order valence-electron chi connectivity index (χ3n) is 4.87. The highest BCUT2D eigenvalue weighted by Gasteiger charge is 2.34. The topological polar surface area (TPSA) is 66.5 Å². The quantitative estimate of drug-likeness (QED) is 0.775. The van der Waals surface area contributed by atoms with Gasteiger partial charge in [0.05, 0.1) is 4.90 Å². The summed E-state index contributed by atoms with van der Waals surface area (Å²) >= 11 is 6.09. The third kappa shape index (κ3) is 4.71. The first kappa shape index (κ1) is 20.8. The lowest BCUT2D eigenvalue weighted by Gasteiger charge is -2.34. The van der Waals surface area contributed by atoms with E-state index in [9.17, 15) is 17.6 Å². The van der Waals surface area contributed by atoms with E-state index in [1.807, 2.05) is 13.0 Å². The largest absolute Gasteiger partial charge is 0.326 e. The van der Waals surface area contributed by atoms with E-state index in [2.05, 4.69) is 5.32 Å². The van der Waals surface area contributed by atoms with Crippen LogP contribution in [0.5, 0.6) is 0 Å². The standard InChI is InChI=1S/C20H22ClFN2O3S/c1-14-5-8-16(12-19(14)21)23-20(25)13-17-4-2-3-11-24(17)28(26,27)18-9-6-15(22)7-10-18/h5-10,12,17H,2-4,11,13H2,1H3,(H,23,25)/t17-/m1/s1. The Hall–Kier alpha value is -1.96. The molecule has 2 aromatic carbocycles. The van der Waals surface area contributed by atoms with Crippen LogP contribution in [0.25, 0.3) is 0 Å². The molecule has 0 aliphatic carbocycles. The molecule has 0 saturated carbocycles. The van der Waals surface area contributed by atoms with Crippen molar-refractivity contribution in [3.63, 3.8) is 0 Å². The lowest BCUT2D eigenvalue weighted by Crippen LogP contribution is -2.45. The summed E-state index contributed by atoms with van der Waals surface area (Å²) in [5.74, 6) is -0.767. The van der Waals surface area contributed by atoms with E-state index in [-0.39, 0.29) is 17.2 Å². The summed E-state index contributed by atoms with van der Waals surface area (Å²) in [6.45, 7) is 2.21. The van der Waals surface area contributed by atoms with Crippen LogP contribution in [0, 0.1) is 12.7 Å². The molecule has 3 rings (SSSR count). The summed E-state index contributed by atoms with van der Waals surface area (Å²) in [6.07, 6.45) is 2.23. The van der Waals surface area contributed by atoms with Gasteiger partial charge in [0.2, 0.25) is 15.9 Å². The maximum absolute atomic E-state index is 13.2. The first-order chi connectivity index (χ1) is 13.3. The molecule has 1 aliphatic heterocycles. The van der Waals surface area contributed by atoms with Crippen molar-refractivity contribution in [2.75, 3.05) is 11.9 Å². The summed E-state index contributed by atoms with van der Waals surface area (Å²) in [6, 6.07) is 9.55. The second-order valence-electron chi connectivity index (χ2n) is 6.94. The molecule has 1 aliphatic rings. The molecule has 2 aromatic rings. The Morgan fingerprint density at radius 1 is 1.21 bits per heavy atom. The van der Waals surface area contributed by atoms with Crippen molar-refractivity contribution < 1.29 is 17.6 Å². The number of nitrogens with zero attached hydrogens (tertiary/aromatic N) is 1. The highest BCUT2D eigenvalue weighted by atomic mass is 35.5. The van der Waals surface area contributed by atoms with Crippen molar-refractivity contribution >= 4 is 33.2 Å². The smallest absolute Gasteiger partial charge is 0.243 e. The highest BCUT2D eigenvalue weighted by molar-refractivity contribution is 7.89. The Morgan fingerprint density at radius 3 is 2.61 bits per heavy atom. The molecule has 5 nitrogen and oxygen atoms in total. The van der Waals surface area contributed by atoms with E-state index in [1.54, 1.807) is 12.1 Å². The average Bonchev–Trinajstić information content (AvgIpc) is 2.65. The fourth-order valence-electron chi connectivity index (χ4n) is 3.33. The Bertz CT molecular complexity index is 964. The number of benzene rings is 2. The second-order valence-corrected chi connectivity index (χ2v) is 9.23. The zero-order chi connectivity index (χ0) is 20.3. The number of hydrogen-bond acceptors (Lipinski definition) is 3. The van der Waals surface area contributed by atoms with Crippen molar-refractivity contribution in [3.8, 4) is 0 Å². The second kappa shape index (κ2) is 8.59. The molecule has 8 heteroatoms. The van der Waals surface area contributed by atoms with Gasteiger partial charge in [-0.3, -0.25) is 4.79 Å². The summed E-state index contributed by atoms with van der Waals surface area (Å²) in [4.78, 5) is 12.5. The number of carbonyl (C=O) groups is 1. The van der Waals surface area contributed by atoms with Crippen LogP contribution in [0.15, 0.2) is 47.4 Å². The van der Waals surface area contributed by atoms with Crippen molar-refractivity contribution in [1.29, 1.82) is 0 Å². The van der Waals surface area contributed by atoms with Gasteiger partial charge < -0.3 is 5.32 Å². The third-order valence-corrected chi connectivity index (χ3v) is 7.24. The molecule has 28 heavy (non-hydrogen) atoms. The Morgan fingerprint density at radius 2 is 1.93 bits per heavy atom. The van der Waals surface area contributed by atoms with E-state index in [4.69, 9.17) is 11.6 Å². The fraction of sp³-hybridized carbons (Fsp3) is 0.350. The van der Waals surface area contributed by atoms with Gasteiger partial charge in [-0.25, -0.2) is 12.8 Å². The molecular weight excluding hydrogens is 403 g/mol. The van der Waals surface area contributed by atoms with Gasteiger partial charge in [-0.2, -0.15) is 4.31 Å². The summed E-state index contributed by atoms with van der Waals surface area (Å²) in [5.41, 5.74) is 1.48. The van der Waals surface area contributed by atoms with Crippen LogP contribution in [0.1, 0.15) is 31.2 Å². The molecule has 0 unspecified atom stereocenters. The lowest BCUT2D eigenvalue weighted by molar-refractivity contribution is -0.117. The van der Waals surface area contributed by atoms with Crippen LogP contribution >= 0.6 is 11.6 Å². The van der Waals surface area contributed by atoms with Gasteiger partial charge in [0, 0.05) is 29.7 Å². The number of sulfonamides is 1. The number of hydrogen-bond donors (Lipinski definition) is 1. The van der Waals surface area contributed by atoms with Crippen LogP contribution in [0.3, 0.4) is 0 Å². The van der Waals surface area contributed by atoms with E-state index in [0.29, 0.717) is 23.7 Å². The minimum atomic E-state index is -3.79. The van der Waals surface area contributed by atoms with Gasteiger partial charge in [0.1, 0.15) is 5.82 Å². The zero-order valence-electron chi connectivity index (χ0n) is 15.5. The SMILES string of the molecule is Cc1ccc(NC(=O)C[C@H]2CCCCN2S(=O)(=O)c2ccc(F)cc2)cc1Cl. The van der Waals surface area contributed by atoms with Crippen molar-refractivity contribution in [1.82, 2.24) is 4.31 Å². The van der Waals surface area contributed by atoms with E-state index >= 15 is 0 Å². The number of carbonyl (C=O) groups excluding carboxylic acids is 1. The predicted octanol–water partition coefficient (Wildman–Crippen LogP) is 4.36. The first-order valence-electron chi connectivity index (χ1n) is 9.11. The van der Waals surface area contributed by atoms with Crippen molar-refractivity contribution in [2.45, 2.75) is 43.5 Å². The molecule has 0 aromatic heterocycles. The van der Waals surface area contributed by atoms with E-state index in [1.165, 1.54) is 16.4 Å². The van der Waals surface area contributed by atoms with Gasteiger partial charge in [-0.15, -0.1) is 0 Å². The molecule has 1 atom stereocenters. The molecule has 1 amide bonds. The highest BCUT2D eigenvalue weighted by Crippen LogP contribution is 2.28. The zero-order valence-corrected chi connectivity index (χ0v) is 17.1. The van der Waals surface area contributed by atoms with Crippen molar-refractivity contribution in [3.05, 3.63) is 58.9 Å². The van der Waals surface area contributed by atoms with Crippen LogP contribution in [0.4, 0.5) is 10.1 Å². The van der Waals surface area contributed by atoms with E-state index < -0.39 is 21.9 Å². The van der Waals surface area contributed by atoms with Gasteiger partial charge in [-0.05, 0) is 61.7 Å². The molecular formula is C20H22ClFN2O3S. The Kier molecular flexibility index (Phi) is 6.37. The molecule has 0 bridgehead atoms. The Labute approximate surface area is 169 Å². The summed E-state index contributed by atoms with van der Waals surface area (Å²) in [5, 5.41) is 3.33. The predicted molar refractivity (Wildman–Crippen MR) is 107 cm³/mol. The molecule has 1 fully saturated rings. The minimum Gasteiger partial charge on any atom is -0.326 e. The number of amides is 1. The number of nitrogens with one attached hydrogen (secondary N) is 1. The molecule has 0 spiro atoms. The number of halogens is 2. The fourth-order valence-corrected chi connectivity index (χ4v) is 5.21. The maximum Gasteiger partial charge on any atom is 0.243 e. The number of anilines is 1. The van der Waals surface area contributed by atoms with Crippen LogP contribution in [-0.4, -0.2) is 31.2 Å². The van der Waals surface area contributed by atoms with Gasteiger partial charge in [0.15, 0.2) is 0 Å². The molecule has 1 saturated heterocycles. The van der Waals surface area contributed by atoms with Crippen LogP contribution in [-0.2, 0) is 14.8 Å². The average molecular weight is 425 g/mol. The van der Waals surface area contributed by atoms with Gasteiger partial charge >= 0.3 is 0 Å². The molecule has 1 N–H and O–H groups in total. The number of aryl methyl sites for hydroxylation is 1. The molecule has 150 valence electrons. The first-order valence-corrected chi connectivity index (χ1v) is 10.9. The minimum absolute atomic E-state index is 0.0338. The summed E-state index contributed by atoms with van der Waals surface area (Å²) in [7, 11) is -3.79. The Balaban J connectivity index is 1.74.